The third kappa shape index (κ3) is 5.80. The van der Waals surface area contributed by atoms with Crippen LogP contribution in [-0.4, -0.2) is 28.0 Å². The van der Waals surface area contributed by atoms with Crippen molar-refractivity contribution < 1.29 is 9.59 Å². The molecule has 0 aromatic heterocycles. The molecule has 1 aliphatic heterocycles. The summed E-state index contributed by atoms with van der Waals surface area (Å²) in [6, 6.07) is 24.1. The predicted molar refractivity (Wildman–Crippen MR) is 160 cm³/mol. The molecule has 1 saturated carbocycles. The molecule has 2 fully saturated rings. The average Bonchev–Trinajstić information content (AvgIpc) is 2.96. The Morgan fingerprint density at radius 1 is 0.974 bits per heavy atom. The number of thioether (sulfide) groups is 1. The van der Waals surface area contributed by atoms with Gasteiger partial charge in [0.25, 0.3) is 11.8 Å². The first-order valence-electron chi connectivity index (χ1n) is 14.0. The maximum atomic E-state index is 13.7. The highest BCUT2D eigenvalue weighted by Gasteiger charge is 2.40. The van der Waals surface area contributed by atoms with E-state index in [0.29, 0.717) is 22.4 Å². The van der Waals surface area contributed by atoms with E-state index in [1.807, 2.05) is 60.7 Å². The van der Waals surface area contributed by atoms with Crippen LogP contribution in [0, 0.1) is 0 Å². The smallest absolute Gasteiger partial charge is 0.260 e. The Kier molecular flexibility index (Phi) is 7.80. The number of nitrogens with zero attached hydrogens (tertiary/aromatic N) is 1. The molecule has 3 aromatic rings. The minimum absolute atomic E-state index is 0.0504. The maximum absolute atomic E-state index is 13.7. The molecule has 0 radical (unpaired) electrons. The highest BCUT2D eigenvalue weighted by Crippen LogP contribution is 2.43. The molecule has 4 nitrogen and oxygen atoms in total. The number of hydrogen-bond acceptors (Lipinski definition) is 3. The summed E-state index contributed by atoms with van der Waals surface area (Å²) in [7, 11) is 0. The Morgan fingerprint density at radius 3 is 2.64 bits per heavy atom. The van der Waals surface area contributed by atoms with Crippen molar-refractivity contribution in [3.05, 3.63) is 111 Å². The summed E-state index contributed by atoms with van der Waals surface area (Å²) in [5.41, 5.74) is 5.19. The van der Waals surface area contributed by atoms with Gasteiger partial charge in [-0.15, -0.1) is 11.8 Å². The van der Waals surface area contributed by atoms with Crippen LogP contribution in [0.5, 0.6) is 0 Å². The molecule has 3 aliphatic rings. The van der Waals surface area contributed by atoms with E-state index < -0.39 is 0 Å². The van der Waals surface area contributed by atoms with Crippen LogP contribution in [0.3, 0.4) is 0 Å². The first kappa shape index (κ1) is 26.2. The van der Waals surface area contributed by atoms with Gasteiger partial charge in [0, 0.05) is 28.4 Å². The van der Waals surface area contributed by atoms with E-state index in [4.69, 9.17) is 11.6 Å². The molecule has 6 heteroatoms. The van der Waals surface area contributed by atoms with Crippen LogP contribution in [-0.2, 0) is 17.8 Å². The Hall–Kier alpha value is -3.02. The first-order valence-corrected chi connectivity index (χ1v) is 15.2. The molecule has 1 heterocycles. The summed E-state index contributed by atoms with van der Waals surface area (Å²) >= 11 is 7.96. The van der Waals surface area contributed by atoms with E-state index in [9.17, 15) is 9.59 Å². The number of hydrogen-bond donors (Lipinski definition) is 1. The Balaban J connectivity index is 1.18. The molecule has 3 aromatic carbocycles. The van der Waals surface area contributed by atoms with Crippen molar-refractivity contribution in [3.8, 4) is 0 Å². The van der Waals surface area contributed by atoms with E-state index in [2.05, 4.69) is 28.4 Å². The van der Waals surface area contributed by atoms with Crippen molar-refractivity contribution in [2.24, 2.45) is 0 Å². The second kappa shape index (κ2) is 11.6. The molecular formula is C33H33ClN2O2S. The number of amides is 2. The van der Waals surface area contributed by atoms with Crippen molar-refractivity contribution in [1.29, 1.82) is 0 Å². The molecule has 3 atom stereocenters. The predicted octanol–water partition coefficient (Wildman–Crippen LogP) is 7.58. The second-order valence-corrected chi connectivity index (χ2v) is 12.5. The zero-order valence-electron chi connectivity index (χ0n) is 21.9. The average molecular weight is 557 g/mol. The fourth-order valence-corrected chi connectivity index (χ4v) is 7.91. The van der Waals surface area contributed by atoms with Crippen molar-refractivity contribution >= 4 is 41.3 Å². The van der Waals surface area contributed by atoms with E-state index >= 15 is 0 Å². The highest BCUT2D eigenvalue weighted by atomic mass is 35.5. The SMILES string of the molecule is O=C(NC1CCCc2ccccc21)c1ccc(/C=C2/SC3CCCCC3N(Cc3cccc(Cl)c3)C2=O)cc1. The van der Waals surface area contributed by atoms with E-state index in [1.54, 1.807) is 11.8 Å². The van der Waals surface area contributed by atoms with Crippen molar-refractivity contribution in [1.82, 2.24) is 10.2 Å². The summed E-state index contributed by atoms with van der Waals surface area (Å²) in [5, 5.41) is 4.34. The van der Waals surface area contributed by atoms with Crippen LogP contribution in [0.15, 0.2) is 77.7 Å². The number of fused-ring (bicyclic) bond motifs is 2. The van der Waals surface area contributed by atoms with Gasteiger partial charge in [0.2, 0.25) is 0 Å². The normalized spacial score (nSPS) is 23.7. The van der Waals surface area contributed by atoms with Gasteiger partial charge in [-0.1, -0.05) is 73.0 Å². The molecule has 6 rings (SSSR count). The number of rotatable bonds is 5. The largest absolute Gasteiger partial charge is 0.345 e. The fraction of sp³-hybridized carbons (Fsp3) is 0.333. The standard InChI is InChI=1S/C33H33ClN2O2S/c34-26-10-5-7-23(19-26)21-36-29-13-3-4-14-30(29)39-31(33(36)38)20-22-15-17-25(18-16-22)32(37)35-28-12-6-9-24-8-1-2-11-27(24)28/h1-2,5,7-8,10-11,15-20,28-30H,3-4,6,9,12-14,21H2,(H,35,37)/b31-20+. The third-order valence-corrected chi connectivity index (χ3v) is 9.84. The molecule has 3 unspecified atom stereocenters. The fourth-order valence-electron chi connectivity index (χ4n) is 6.22. The zero-order valence-corrected chi connectivity index (χ0v) is 23.5. The summed E-state index contributed by atoms with van der Waals surface area (Å²) in [6.07, 6.45) is 9.63. The minimum Gasteiger partial charge on any atom is -0.345 e. The van der Waals surface area contributed by atoms with Crippen molar-refractivity contribution in [3.63, 3.8) is 0 Å². The quantitative estimate of drug-likeness (QED) is 0.330. The van der Waals surface area contributed by atoms with Gasteiger partial charge in [-0.25, -0.2) is 0 Å². The van der Waals surface area contributed by atoms with Crippen LogP contribution in [0.25, 0.3) is 6.08 Å². The maximum Gasteiger partial charge on any atom is 0.260 e. The summed E-state index contributed by atoms with van der Waals surface area (Å²) in [4.78, 5) is 29.6. The van der Waals surface area contributed by atoms with Crippen LogP contribution in [0.1, 0.15) is 77.2 Å². The molecule has 1 saturated heterocycles. The Morgan fingerprint density at radius 2 is 1.79 bits per heavy atom. The summed E-state index contributed by atoms with van der Waals surface area (Å²) < 4.78 is 0. The monoisotopic (exact) mass is 556 g/mol. The summed E-state index contributed by atoms with van der Waals surface area (Å²) in [6.45, 7) is 0.571. The lowest BCUT2D eigenvalue weighted by Crippen LogP contribution is -2.50. The second-order valence-electron chi connectivity index (χ2n) is 10.8. The molecule has 2 amide bonds. The van der Waals surface area contributed by atoms with Gasteiger partial charge in [0.15, 0.2) is 0 Å². The van der Waals surface area contributed by atoms with Crippen LogP contribution < -0.4 is 5.32 Å². The van der Waals surface area contributed by atoms with Crippen LogP contribution >= 0.6 is 23.4 Å². The lowest BCUT2D eigenvalue weighted by atomic mass is 9.87. The van der Waals surface area contributed by atoms with Gasteiger partial charge in [0.05, 0.1) is 10.9 Å². The lowest BCUT2D eigenvalue weighted by Gasteiger charge is -2.44. The summed E-state index contributed by atoms with van der Waals surface area (Å²) in [5.74, 6) is 0.0256. The molecule has 200 valence electrons. The van der Waals surface area contributed by atoms with Crippen molar-refractivity contribution in [2.45, 2.75) is 68.8 Å². The molecule has 0 spiro atoms. The molecular weight excluding hydrogens is 524 g/mol. The zero-order chi connectivity index (χ0) is 26.8. The Bertz CT molecular complexity index is 1400. The van der Waals surface area contributed by atoms with E-state index in [0.717, 1.165) is 54.6 Å². The van der Waals surface area contributed by atoms with Gasteiger partial charge in [-0.05, 0) is 84.7 Å². The number of halogens is 1. The first-order chi connectivity index (χ1) is 19.0. The highest BCUT2D eigenvalue weighted by molar-refractivity contribution is 8.04. The van der Waals surface area contributed by atoms with Crippen molar-refractivity contribution in [2.75, 3.05) is 0 Å². The van der Waals surface area contributed by atoms with E-state index in [1.165, 1.54) is 17.5 Å². The number of benzene rings is 3. The third-order valence-electron chi connectivity index (χ3n) is 8.21. The van der Waals surface area contributed by atoms with Gasteiger partial charge in [0.1, 0.15) is 0 Å². The Labute approximate surface area is 239 Å². The molecule has 1 N–H and O–H groups in total. The molecule has 0 bridgehead atoms. The topological polar surface area (TPSA) is 49.4 Å². The van der Waals surface area contributed by atoms with Gasteiger partial charge in [-0.2, -0.15) is 0 Å². The number of nitrogens with one attached hydrogen (secondary N) is 1. The van der Waals surface area contributed by atoms with Crippen LogP contribution in [0.4, 0.5) is 0 Å². The van der Waals surface area contributed by atoms with Gasteiger partial charge >= 0.3 is 0 Å². The van der Waals surface area contributed by atoms with E-state index in [-0.39, 0.29) is 23.9 Å². The van der Waals surface area contributed by atoms with Crippen LogP contribution in [0.2, 0.25) is 5.02 Å². The molecule has 39 heavy (non-hydrogen) atoms. The number of carbonyl (C=O) groups excluding carboxylic acids is 2. The molecule has 2 aliphatic carbocycles. The van der Waals surface area contributed by atoms with Gasteiger partial charge in [-0.3, -0.25) is 9.59 Å². The number of carbonyl (C=O) groups is 2. The lowest BCUT2D eigenvalue weighted by molar-refractivity contribution is -0.130. The minimum atomic E-state index is -0.0585. The number of aryl methyl sites for hydroxylation is 1. The van der Waals surface area contributed by atoms with Gasteiger partial charge < -0.3 is 10.2 Å².